The maximum atomic E-state index is 11.7. The molecule has 100 valence electrons. The van der Waals surface area contributed by atoms with Crippen LogP contribution in [0.25, 0.3) is 0 Å². The molecule has 1 heterocycles. The highest BCUT2D eigenvalue weighted by molar-refractivity contribution is 7.99. The molecule has 1 rings (SSSR count). The van der Waals surface area contributed by atoms with E-state index in [-0.39, 0.29) is 17.7 Å². The lowest BCUT2D eigenvalue weighted by atomic mass is 10.1. The summed E-state index contributed by atoms with van der Waals surface area (Å²) in [4.78, 5) is 19.6. The number of thioether (sulfide) groups is 1. The molecule has 0 bridgehead atoms. The largest absolute Gasteiger partial charge is 0.383 e. The Balaban J connectivity index is 2.47. The van der Waals surface area contributed by atoms with Crippen LogP contribution in [0.5, 0.6) is 0 Å². The Labute approximate surface area is 111 Å². The van der Waals surface area contributed by atoms with E-state index in [0.29, 0.717) is 22.7 Å². The zero-order valence-corrected chi connectivity index (χ0v) is 11.6. The average Bonchev–Trinajstić information content (AvgIpc) is 2.25. The van der Waals surface area contributed by atoms with Crippen LogP contribution in [0.3, 0.4) is 0 Å². The minimum absolute atomic E-state index is 0.0502. The standard InChI is InChI=1S/C11H19N5OS/c1-6(2)7(3)14-10(17)5-18-11-15-8(12)4-9(13)16-11/h4,6-7H,5H2,1-3H3,(H,14,17)(H4,12,13,15,16)/t7-/m1/s1. The van der Waals surface area contributed by atoms with Crippen molar-refractivity contribution in [3.05, 3.63) is 6.07 Å². The number of amides is 1. The highest BCUT2D eigenvalue weighted by atomic mass is 32.2. The Hall–Kier alpha value is -1.50. The monoisotopic (exact) mass is 269 g/mol. The predicted octanol–water partition coefficient (Wildman–Crippen LogP) is 0.894. The maximum absolute atomic E-state index is 11.7. The summed E-state index contributed by atoms with van der Waals surface area (Å²) < 4.78 is 0. The van der Waals surface area contributed by atoms with E-state index >= 15 is 0 Å². The molecule has 6 nitrogen and oxygen atoms in total. The molecule has 7 heteroatoms. The van der Waals surface area contributed by atoms with Gasteiger partial charge in [-0.25, -0.2) is 9.97 Å². The summed E-state index contributed by atoms with van der Waals surface area (Å²) in [5.74, 6) is 1.21. The summed E-state index contributed by atoms with van der Waals surface area (Å²) in [6.07, 6.45) is 0. The lowest BCUT2D eigenvalue weighted by molar-refractivity contribution is -0.119. The second kappa shape index (κ2) is 6.44. The van der Waals surface area contributed by atoms with Crippen LogP contribution < -0.4 is 16.8 Å². The second-order valence-corrected chi connectivity index (χ2v) is 5.33. The van der Waals surface area contributed by atoms with Crippen LogP contribution >= 0.6 is 11.8 Å². The van der Waals surface area contributed by atoms with E-state index < -0.39 is 0 Å². The summed E-state index contributed by atoms with van der Waals surface area (Å²) in [5.41, 5.74) is 11.1. The summed E-state index contributed by atoms with van der Waals surface area (Å²) in [5, 5.41) is 3.32. The zero-order chi connectivity index (χ0) is 13.7. The average molecular weight is 269 g/mol. The topological polar surface area (TPSA) is 107 Å². The van der Waals surface area contributed by atoms with Crippen molar-refractivity contribution in [2.45, 2.75) is 32.0 Å². The number of carbonyl (C=O) groups excluding carboxylic acids is 1. The molecular formula is C11H19N5OS. The molecule has 0 aliphatic carbocycles. The first-order chi connectivity index (χ1) is 8.38. The number of carbonyl (C=O) groups is 1. The highest BCUT2D eigenvalue weighted by Gasteiger charge is 2.11. The molecule has 1 atom stereocenters. The normalized spacial score (nSPS) is 12.4. The number of nitrogens with zero attached hydrogens (tertiary/aromatic N) is 2. The van der Waals surface area contributed by atoms with Crippen LogP contribution in [0, 0.1) is 5.92 Å². The molecule has 0 aromatic carbocycles. The van der Waals surface area contributed by atoms with Gasteiger partial charge < -0.3 is 16.8 Å². The smallest absolute Gasteiger partial charge is 0.230 e. The minimum Gasteiger partial charge on any atom is -0.383 e. The van der Waals surface area contributed by atoms with Gasteiger partial charge in [0.25, 0.3) is 0 Å². The molecule has 0 radical (unpaired) electrons. The Morgan fingerprint density at radius 3 is 2.39 bits per heavy atom. The van der Waals surface area contributed by atoms with Gasteiger partial charge in [-0.1, -0.05) is 25.6 Å². The SMILES string of the molecule is CC(C)[C@@H](C)NC(=O)CSc1nc(N)cc(N)n1. The lowest BCUT2D eigenvalue weighted by Crippen LogP contribution is -2.37. The van der Waals surface area contributed by atoms with E-state index in [1.54, 1.807) is 0 Å². The van der Waals surface area contributed by atoms with Gasteiger partial charge >= 0.3 is 0 Å². The van der Waals surface area contributed by atoms with Crippen LogP contribution in [0.15, 0.2) is 11.2 Å². The molecule has 0 saturated heterocycles. The van der Waals surface area contributed by atoms with Gasteiger partial charge in [0.1, 0.15) is 11.6 Å². The van der Waals surface area contributed by atoms with Gasteiger partial charge in [-0.05, 0) is 12.8 Å². The van der Waals surface area contributed by atoms with Gasteiger partial charge in [-0.2, -0.15) is 0 Å². The van der Waals surface area contributed by atoms with Crippen molar-refractivity contribution < 1.29 is 4.79 Å². The summed E-state index contributed by atoms with van der Waals surface area (Å²) >= 11 is 1.22. The van der Waals surface area contributed by atoms with Crippen LogP contribution in [0.2, 0.25) is 0 Å². The molecular weight excluding hydrogens is 250 g/mol. The van der Waals surface area contributed by atoms with E-state index in [0.717, 1.165) is 0 Å². The Kier molecular flexibility index (Phi) is 5.21. The fourth-order valence-electron chi connectivity index (χ4n) is 1.12. The fraction of sp³-hybridized carbons (Fsp3) is 0.545. The second-order valence-electron chi connectivity index (χ2n) is 4.39. The molecule has 0 aliphatic heterocycles. The maximum Gasteiger partial charge on any atom is 0.230 e. The molecule has 1 aromatic heterocycles. The zero-order valence-electron chi connectivity index (χ0n) is 10.8. The molecule has 0 fully saturated rings. The van der Waals surface area contributed by atoms with Crippen molar-refractivity contribution >= 4 is 29.3 Å². The minimum atomic E-state index is -0.0502. The van der Waals surface area contributed by atoms with Crippen molar-refractivity contribution in [1.29, 1.82) is 0 Å². The Bertz CT molecular complexity index is 404. The number of hydrogen-bond donors (Lipinski definition) is 3. The number of nitrogens with two attached hydrogens (primary N) is 2. The van der Waals surface area contributed by atoms with E-state index in [2.05, 4.69) is 29.1 Å². The van der Waals surface area contributed by atoms with Gasteiger partial charge in [0, 0.05) is 12.1 Å². The number of hydrogen-bond acceptors (Lipinski definition) is 6. The van der Waals surface area contributed by atoms with E-state index in [9.17, 15) is 4.79 Å². The molecule has 0 aliphatic rings. The van der Waals surface area contributed by atoms with E-state index in [1.807, 2.05) is 6.92 Å². The molecule has 1 amide bonds. The van der Waals surface area contributed by atoms with Gasteiger partial charge in [0.2, 0.25) is 5.91 Å². The molecule has 0 unspecified atom stereocenters. The quantitative estimate of drug-likeness (QED) is 0.541. The first-order valence-electron chi connectivity index (χ1n) is 5.70. The first-order valence-corrected chi connectivity index (χ1v) is 6.69. The summed E-state index contributed by atoms with van der Waals surface area (Å²) in [7, 11) is 0. The highest BCUT2D eigenvalue weighted by Crippen LogP contribution is 2.16. The van der Waals surface area contributed by atoms with Gasteiger partial charge in [0.05, 0.1) is 5.75 Å². The lowest BCUT2D eigenvalue weighted by Gasteiger charge is -2.16. The molecule has 18 heavy (non-hydrogen) atoms. The van der Waals surface area contributed by atoms with Crippen LogP contribution in [0.4, 0.5) is 11.6 Å². The number of anilines is 2. The summed E-state index contributed by atoms with van der Waals surface area (Å²) in [6.45, 7) is 6.09. The number of nitrogens with one attached hydrogen (secondary N) is 1. The number of nitrogen functional groups attached to an aromatic ring is 2. The molecule has 0 saturated carbocycles. The summed E-state index contributed by atoms with van der Waals surface area (Å²) in [6, 6.07) is 1.62. The Morgan fingerprint density at radius 1 is 1.33 bits per heavy atom. The van der Waals surface area contributed by atoms with Crippen molar-refractivity contribution in [2.24, 2.45) is 5.92 Å². The van der Waals surface area contributed by atoms with Gasteiger partial charge in [-0.3, -0.25) is 4.79 Å². The first kappa shape index (κ1) is 14.6. The van der Waals surface area contributed by atoms with E-state index in [4.69, 9.17) is 11.5 Å². The van der Waals surface area contributed by atoms with Crippen LogP contribution in [-0.2, 0) is 4.79 Å². The van der Waals surface area contributed by atoms with Gasteiger partial charge in [0.15, 0.2) is 5.16 Å². The molecule has 0 spiro atoms. The molecule has 5 N–H and O–H groups in total. The molecule has 1 aromatic rings. The van der Waals surface area contributed by atoms with Crippen LogP contribution in [0.1, 0.15) is 20.8 Å². The van der Waals surface area contributed by atoms with Gasteiger partial charge in [-0.15, -0.1) is 0 Å². The third-order valence-corrected chi connectivity index (χ3v) is 3.31. The Morgan fingerprint density at radius 2 is 1.89 bits per heavy atom. The van der Waals surface area contributed by atoms with E-state index in [1.165, 1.54) is 17.8 Å². The number of rotatable bonds is 5. The van der Waals surface area contributed by atoms with Crippen LogP contribution in [-0.4, -0.2) is 27.7 Å². The fourth-order valence-corrected chi connectivity index (χ4v) is 1.80. The van der Waals surface area contributed by atoms with Crippen molar-refractivity contribution in [2.75, 3.05) is 17.2 Å². The third kappa shape index (κ3) is 4.79. The van der Waals surface area contributed by atoms with Crippen molar-refractivity contribution in [1.82, 2.24) is 15.3 Å². The predicted molar refractivity (Wildman–Crippen MR) is 74.0 cm³/mol. The van der Waals surface area contributed by atoms with Crippen molar-refractivity contribution in [3.8, 4) is 0 Å². The third-order valence-electron chi connectivity index (χ3n) is 2.47. The number of aromatic nitrogens is 2. The van der Waals surface area contributed by atoms with Crippen molar-refractivity contribution in [3.63, 3.8) is 0 Å².